The molecule has 0 atom stereocenters. The fraction of sp³-hybridized carbons (Fsp3) is 0.417. The predicted molar refractivity (Wildman–Crippen MR) is 78.5 cm³/mol. The summed E-state index contributed by atoms with van der Waals surface area (Å²) in [6.45, 7) is 3.73. The van der Waals surface area contributed by atoms with E-state index in [0.717, 1.165) is 5.56 Å². The number of likely N-dealkylation sites (N-methyl/N-ethyl adjacent to an activating group) is 1. The van der Waals surface area contributed by atoms with E-state index in [0.29, 0.717) is 16.6 Å². The molecule has 0 bridgehead atoms. The van der Waals surface area contributed by atoms with Gasteiger partial charge in [-0.05, 0) is 25.5 Å². The number of amides is 1. The molecule has 0 fully saturated rings. The first-order valence-corrected chi connectivity index (χ1v) is 5.96. The van der Waals surface area contributed by atoms with Crippen molar-refractivity contribution in [1.82, 2.24) is 4.90 Å². The summed E-state index contributed by atoms with van der Waals surface area (Å²) in [6.07, 6.45) is 0. The van der Waals surface area contributed by atoms with E-state index < -0.39 is 5.54 Å². The molecule has 1 rings (SSSR count). The number of hydrogen-bond donors (Lipinski definition) is 1. The Balaban J connectivity index is 0.00000289. The first-order chi connectivity index (χ1) is 7.73. The third kappa shape index (κ3) is 4.32. The van der Waals surface area contributed by atoms with Crippen LogP contribution in [0.2, 0.25) is 10.0 Å². The maximum absolute atomic E-state index is 11.9. The van der Waals surface area contributed by atoms with Gasteiger partial charge in [-0.25, -0.2) is 0 Å². The Morgan fingerprint density at radius 1 is 1.39 bits per heavy atom. The van der Waals surface area contributed by atoms with Gasteiger partial charge in [0, 0.05) is 13.6 Å². The lowest BCUT2D eigenvalue weighted by molar-refractivity contribution is -0.134. The summed E-state index contributed by atoms with van der Waals surface area (Å²) in [5.74, 6) is -0.145. The van der Waals surface area contributed by atoms with Crippen molar-refractivity contribution in [2.75, 3.05) is 7.05 Å². The molecule has 0 aliphatic carbocycles. The van der Waals surface area contributed by atoms with Crippen molar-refractivity contribution in [2.45, 2.75) is 25.9 Å². The Bertz CT molecular complexity index is 430. The molecule has 102 valence electrons. The zero-order valence-electron chi connectivity index (χ0n) is 10.5. The molecule has 1 amide bonds. The van der Waals surface area contributed by atoms with E-state index in [9.17, 15) is 4.79 Å². The van der Waals surface area contributed by atoms with Crippen LogP contribution in [0, 0.1) is 0 Å². The minimum absolute atomic E-state index is 0. The number of carbonyl (C=O) groups is 1. The summed E-state index contributed by atoms with van der Waals surface area (Å²) in [7, 11) is 1.69. The van der Waals surface area contributed by atoms with Gasteiger partial charge in [-0.1, -0.05) is 35.3 Å². The van der Waals surface area contributed by atoms with Crippen molar-refractivity contribution in [3.8, 4) is 0 Å². The second kappa shape index (κ2) is 6.62. The Morgan fingerprint density at radius 3 is 2.44 bits per heavy atom. The van der Waals surface area contributed by atoms with Crippen molar-refractivity contribution in [2.24, 2.45) is 5.73 Å². The molecular weight excluding hydrogens is 295 g/mol. The number of nitrogens with two attached hydrogens (primary N) is 1. The maximum atomic E-state index is 11.9. The molecule has 1 aromatic carbocycles. The number of nitrogens with zero attached hydrogens (tertiary/aromatic N) is 1. The highest BCUT2D eigenvalue weighted by Crippen LogP contribution is 2.26. The monoisotopic (exact) mass is 310 g/mol. The van der Waals surface area contributed by atoms with Crippen LogP contribution in [0.1, 0.15) is 19.4 Å². The van der Waals surface area contributed by atoms with Gasteiger partial charge in [-0.2, -0.15) is 0 Å². The molecule has 0 saturated carbocycles. The smallest absolute Gasteiger partial charge is 0.242 e. The molecule has 1 aromatic rings. The third-order valence-corrected chi connectivity index (χ3v) is 3.20. The lowest BCUT2D eigenvalue weighted by Gasteiger charge is -2.26. The molecule has 0 heterocycles. The molecule has 0 aliphatic heterocycles. The first kappa shape index (κ1) is 17.5. The van der Waals surface area contributed by atoms with E-state index in [1.807, 2.05) is 6.07 Å². The van der Waals surface area contributed by atoms with E-state index >= 15 is 0 Å². The number of carbonyl (C=O) groups excluding carboxylic acids is 1. The van der Waals surface area contributed by atoms with Gasteiger partial charge >= 0.3 is 0 Å². The number of hydrogen-bond acceptors (Lipinski definition) is 2. The van der Waals surface area contributed by atoms with Crippen molar-refractivity contribution in [3.05, 3.63) is 33.8 Å². The number of benzene rings is 1. The molecule has 6 heteroatoms. The molecular formula is C12H17Cl3N2O. The fourth-order valence-corrected chi connectivity index (χ4v) is 1.87. The summed E-state index contributed by atoms with van der Waals surface area (Å²) in [5.41, 5.74) is 5.67. The van der Waals surface area contributed by atoms with Crippen LogP contribution in [-0.4, -0.2) is 23.4 Å². The fourth-order valence-electron chi connectivity index (χ4n) is 1.49. The second-order valence-corrected chi connectivity index (χ2v) is 5.38. The van der Waals surface area contributed by atoms with Crippen LogP contribution in [0.5, 0.6) is 0 Å². The van der Waals surface area contributed by atoms with Gasteiger partial charge in [-0.3, -0.25) is 4.79 Å². The molecule has 0 saturated heterocycles. The Hall–Kier alpha value is -0.480. The standard InChI is InChI=1S/C12H16Cl2N2O.ClH/c1-12(2,15)11(17)16(3)7-8-5-4-6-9(13)10(8)14;/h4-6H,7,15H2,1-3H3;1H. The van der Waals surface area contributed by atoms with Gasteiger partial charge in [0.05, 0.1) is 15.6 Å². The highest BCUT2D eigenvalue weighted by Gasteiger charge is 2.25. The zero-order chi connectivity index (χ0) is 13.2. The Morgan fingerprint density at radius 2 is 1.94 bits per heavy atom. The molecule has 2 N–H and O–H groups in total. The average molecular weight is 312 g/mol. The molecule has 18 heavy (non-hydrogen) atoms. The van der Waals surface area contributed by atoms with Gasteiger partial charge in [0.15, 0.2) is 0 Å². The SMILES string of the molecule is CN(Cc1cccc(Cl)c1Cl)C(=O)C(C)(C)N.Cl. The average Bonchev–Trinajstić information content (AvgIpc) is 2.22. The quantitative estimate of drug-likeness (QED) is 0.932. The summed E-state index contributed by atoms with van der Waals surface area (Å²) < 4.78 is 0. The zero-order valence-corrected chi connectivity index (χ0v) is 12.9. The van der Waals surface area contributed by atoms with Crippen LogP contribution in [0.15, 0.2) is 18.2 Å². The second-order valence-electron chi connectivity index (χ2n) is 4.60. The minimum atomic E-state index is -0.889. The van der Waals surface area contributed by atoms with E-state index in [4.69, 9.17) is 28.9 Å². The van der Waals surface area contributed by atoms with Crippen molar-refractivity contribution in [1.29, 1.82) is 0 Å². The van der Waals surface area contributed by atoms with E-state index in [-0.39, 0.29) is 18.3 Å². The van der Waals surface area contributed by atoms with E-state index in [2.05, 4.69) is 0 Å². The molecule has 0 aromatic heterocycles. The lowest BCUT2D eigenvalue weighted by Crippen LogP contribution is -2.49. The van der Waals surface area contributed by atoms with Gasteiger partial charge in [-0.15, -0.1) is 12.4 Å². The topological polar surface area (TPSA) is 46.3 Å². The maximum Gasteiger partial charge on any atom is 0.242 e. The van der Waals surface area contributed by atoms with Gasteiger partial charge in [0.25, 0.3) is 0 Å². The van der Waals surface area contributed by atoms with Crippen molar-refractivity contribution in [3.63, 3.8) is 0 Å². The van der Waals surface area contributed by atoms with Crippen molar-refractivity contribution < 1.29 is 4.79 Å². The largest absolute Gasteiger partial charge is 0.340 e. The molecule has 0 radical (unpaired) electrons. The van der Waals surface area contributed by atoms with E-state index in [1.165, 1.54) is 4.90 Å². The van der Waals surface area contributed by atoms with Gasteiger partial charge < -0.3 is 10.6 Å². The molecule has 0 aliphatic rings. The van der Waals surface area contributed by atoms with Gasteiger partial charge in [0.2, 0.25) is 5.91 Å². The van der Waals surface area contributed by atoms with Crippen LogP contribution >= 0.6 is 35.6 Å². The summed E-state index contributed by atoms with van der Waals surface area (Å²) in [5, 5.41) is 0.959. The molecule has 0 spiro atoms. The molecule has 0 unspecified atom stereocenters. The molecule has 3 nitrogen and oxygen atoms in total. The Kier molecular flexibility index (Phi) is 6.44. The summed E-state index contributed by atoms with van der Waals surface area (Å²) in [6, 6.07) is 5.35. The van der Waals surface area contributed by atoms with Crippen molar-refractivity contribution >= 4 is 41.5 Å². The van der Waals surface area contributed by atoms with Gasteiger partial charge in [0.1, 0.15) is 0 Å². The highest BCUT2D eigenvalue weighted by molar-refractivity contribution is 6.42. The Labute approximate surface area is 124 Å². The van der Waals surface area contributed by atoms with Crippen LogP contribution in [-0.2, 0) is 11.3 Å². The number of rotatable bonds is 3. The predicted octanol–water partition coefficient (Wildman–Crippen LogP) is 3.11. The highest BCUT2D eigenvalue weighted by atomic mass is 35.5. The number of halogens is 3. The lowest BCUT2D eigenvalue weighted by atomic mass is 10.1. The first-order valence-electron chi connectivity index (χ1n) is 5.21. The van der Waals surface area contributed by atoms with E-state index in [1.54, 1.807) is 33.0 Å². The minimum Gasteiger partial charge on any atom is -0.340 e. The summed E-state index contributed by atoms with van der Waals surface area (Å²) in [4.78, 5) is 13.4. The summed E-state index contributed by atoms with van der Waals surface area (Å²) >= 11 is 12.0. The third-order valence-electron chi connectivity index (χ3n) is 2.34. The van der Waals surface area contributed by atoms with Crippen LogP contribution in [0.3, 0.4) is 0 Å². The van der Waals surface area contributed by atoms with Crippen LogP contribution in [0.4, 0.5) is 0 Å². The van der Waals surface area contributed by atoms with Crippen LogP contribution in [0.25, 0.3) is 0 Å². The van der Waals surface area contributed by atoms with Crippen LogP contribution < -0.4 is 5.73 Å². The normalized spacial score (nSPS) is 10.8.